The van der Waals surface area contributed by atoms with E-state index in [1.807, 2.05) is 30.3 Å². The van der Waals surface area contributed by atoms with Crippen molar-refractivity contribution in [2.45, 2.75) is 38.6 Å². The first-order chi connectivity index (χ1) is 11.6. The molecule has 0 heterocycles. The highest BCUT2D eigenvalue weighted by Gasteiger charge is 2.19. The maximum Gasteiger partial charge on any atom is 0.309 e. The van der Waals surface area contributed by atoms with Crippen molar-refractivity contribution in [3.63, 3.8) is 0 Å². The average molecular weight is 329 g/mol. The standard InChI is InChI=1S/C20H27NO3/c1-4-6-8-14-19(22)21-18(17-12-9-7-10-13-17)15-24-20(23)16(3)11-5-2/h4-5,7,9-10,12-13,16,18H,1-2,6,8,11,14-15H2,3H3,(H,21,22)/t16?,18-/m0/s1. The highest BCUT2D eigenvalue weighted by molar-refractivity contribution is 5.76. The van der Waals surface area contributed by atoms with E-state index in [0.717, 1.165) is 18.4 Å². The van der Waals surface area contributed by atoms with Crippen molar-refractivity contribution in [2.75, 3.05) is 6.61 Å². The van der Waals surface area contributed by atoms with E-state index in [1.54, 1.807) is 19.1 Å². The zero-order valence-corrected chi connectivity index (χ0v) is 14.4. The lowest BCUT2D eigenvalue weighted by Gasteiger charge is -2.20. The molecule has 0 aliphatic rings. The second-order valence-corrected chi connectivity index (χ2v) is 5.77. The minimum atomic E-state index is -0.345. The normalized spacial score (nSPS) is 12.7. The molecular weight excluding hydrogens is 302 g/mol. The van der Waals surface area contributed by atoms with E-state index in [1.165, 1.54) is 0 Å². The Hall–Kier alpha value is -2.36. The van der Waals surface area contributed by atoms with Crippen LogP contribution in [0.5, 0.6) is 0 Å². The largest absolute Gasteiger partial charge is 0.463 e. The lowest BCUT2D eigenvalue weighted by molar-refractivity contribution is -0.149. The maximum absolute atomic E-state index is 12.1. The summed E-state index contributed by atoms with van der Waals surface area (Å²) in [7, 11) is 0. The molecular formula is C20H27NO3. The van der Waals surface area contributed by atoms with E-state index in [-0.39, 0.29) is 30.4 Å². The summed E-state index contributed by atoms with van der Waals surface area (Å²) in [4.78, 5) is 24.1. The Bertz CT molecular complexity index is 539. The van der Waals surface area contributed by atoms with E-state index in [4.69, 9.17) is 4.74 Å². The monoisotopic (exact) mass is 329 g/mol. The van der Waals surface area contributed by atoms with E-state index in [0.29, 0.717) is 12.8 Å². The van der Waals surface area contributed by atoms with E-state index in [2.05, 4.69) is 18.5 Å². The van der Waals surface area contributed by atoms with Gasteiger partial charge in [-0.2, -0.15) is 0 Å². The number of amides is 1. The summed E-state index contributed by atoms with van der Waals surface area (Å²) in [5.41, 5.74) is 0.916. The molecule has 0 aliphatic carbocycles. The van der Waals surface area contributed by atoms with Crippen LogP contribution >= 0.6 is 0 Å². The predicted molar refractivity (Wildman–Crippen MR) is 96.3 cm³/mol. The van der Waals surface area contributed by atoms with Crippen LogP contribution in [0.2, 0.25) is 0 Å². The van der Waals surface area contributed by atoms with Gasteiger partial charge in [0.25, 0.3) is 0 Å². The van der Waals surface area contributed by atoms with Crippen molar-refractivity contribution < 1.29 is 14.3 Å². The molecule has 0 spiro atoms. The van der Waals surface area contributed by atoms with Crippen molar-refractivity contribution in [2.24, 2.45) is 5.92 Å². The van der Waals surface area contributed by atoms with Crippen molar-refractivity contribution >= 4 is 11.9 Å². The van der Waals surface area contributed by atoms with Crippen LogP contribution in [0.4, 0.5) is 0 Å². The molecule has 1 aromatic carbocycles. The Labute approximate surface area is 144 Å². The summed E-state index contributed by atoms with van der Waals surface area (Å²) in [6.07, 6.45) is 6.05. The van der Waals surface area contributed by atoms with Crippen LogP contribution in [0.25, 0.3) is 0 Å². The first-order valence-corrected chi connectivity index (χ1v) is 8.31. The molecule has 1 rings (SSSR count). The molecule has 2 atom stereocenters. The van der Waals surface area contributed by atoms with Crippen LogP contribution in [0.15, 0.2) is 55.6 Å². The van der Waals surface area contributed by atoms with Crippen molar-refractivity contribution in [1.82, 2.24) is 5.32 Å². The number of hydrogen-bond donors (Lipinski definition) is 1. The number of benzene rings is 1. The van der Waals surface area contributed by atoms with Gasteiger partial charge in [0.15, 0.2) is 0 Å². The molecule has 1 unspecified atom stereocenters. The highest BCUT2D eigenvalue weighted by Crippen LogP contribution is 2.15. The number of carbonyl (C=O) groups is 2. The van der Waals surface area contributed by atoms with Crippen LogP contribution in [-0.4, -0.2) is 18.5 Å². The molecule has 1 amide bonds. The molecule has 0 aromatic heterocycles. The summed E-state index contributed by atoms with van der Waals surface area (Å²) in [6, 6.07) is 9.18. The molecule has 0 saturated carbocycles. The van der Waals surface area contributed by atoms with Crippen LogP contribution in [0.3, 0.4) is 0 Å². The molecule has 0 radical (unpaired) electrons. The number of hydrogen-bond acceptors (Lipinski definition) is 3. The van der Waals surface area contributed by atoms with Gasteiger partial charge in [-0.3, -0.25) is 9.59 Å². The van der Waals surface area contributed by atoms with Crippen molar-refractivity contribution in [3.05, 3.63) is 61.2 Å². The van der Waals surface area contributed by atoms with Crippen LogP contribution in [-0.2, 0) is 14.3 Å². The fourth-order valence-corrected chi connectivity index (χ4v) is 2.23. The van der Waals surface area contributed by atoms with Crippen LogP contribution in [0.1, 0.15) is 44.2 Å². The van der Waals surface area contributed by atoms with Gasteiger partial charge in [-0.25, -0.2) is 0 Å². The summed E-state index contributed by atoms with van der Waals surface area (Å²) in [6.45, 7) is 9.20. The molecule has 130 valence electrons. The lowest BCUT2D eigenvalue weighted by Crippen LogP contribution is -2.32. The summed E-state index contributed by atoms with van der Waals surface area (Å²) in [5, 5.41) is 2.95. The Morgan fingerprint density at radius 1 is 1.21 bits per heavy atom. The number of unbranched alkanes of at least 4 members (excludes halogenated alkanes) is 1. The number of nitrogens with one attached hydrogen (secondary N) is 1. The molecule has 24 heavy (non-hydrogen) atoms. The maximum atomic E-state index is 12.1. The van der Waals surface area contributed by atoms with E-state index >= 15 is 0 Å². The van der Waals surface area contributed by atoms with Gasteiger partial charge in [0, 0.05) is 6.42 Å². The molecule has 4 nitrogen and oxygen atoms in total. The lowest BCUT2D eigenvalue weighted by atomic mass is 10.1. The molecule has 0 aliphatic heterocycles. The Balaban J connectivity index is 2.65. The van der Waals surface area contributed by atoms with Gasteiger partial charge in [-0.1, -0.05) is 49.4 Å². The number of allylic oxidation sites excluding steroid dienone is 2. The smallest absolute Gasteiger partial charge is 0.309 e. The van der Waals surface area contributed by atoms with Crippen LogP contribution < -0.4 is 5.32 Å². The van der Waals surface area contributed by atoms with Crippen molar-refractivity contribution in [3.8, 4) is 0 Å². The Kier molecular flexibility index (Phi) is 9.20. The SMILES string of the molecule is C=CCCCC(=O)N[C@@H](COC(=O)C(C)CC=C)c1ccccc1. The third-order valence-electron chi connectivity index (χ3n) is 3.66. The second kappa shape index (κ2) is 11.2. The molecule has 0 bridgehead atoms. The zero-order valence-electron chi connectivity index (χ0n) is 14.4. The quantitative estimate of drug-likeness (QED) is 0.380. The fourth-order valence-electron chi connectivity index (χ4n) is 2.23. The van der Waals surface area contributed by atoms with Gasteiger partial charge >= 0.3 is 5.97 Å². The molecule has 0 fully saturated rings. The number of ether oxygens (including phenoxy) is 1. The molecule has 1 N–H and O–H groups in total. The third-order valence-corrected chi connectivity index (χ3v) is 3.66. The summed E-state index contributed by atoms with van der Waals surface area (Å²) >= 11 is 0. The van der Waals surface area contributed by atoms with Gasteiger partial charge in [0.05, 0.1) is 12.0 Å². The summed E-state index contributed by atoms with van der Waals surface area (Å²) < 4.78 is 5.38. The Morgan fingerprint density at radius 3 is 2.54 bits per heavy atom. The Morgan fingerprint density at radius 2 is 1.92 bits per heavy atom. The number of carbonyl (C=O) groups excluding carboxylic acids is 2. The first kappa shape index (κ1) is 19.7. The van der Waals surface area contributed by atoms with Crippen molar-refractivity contribution in [1.29, 1.82) is 0 Å². The molecule has 0 saturated heterocycles. The second-order valence-electron chi connectivity index (χ2n) is 5.77. The molecule has 4 heteroatoms. The van der Waals surface area contributed by atoms with Crippen LogP contribution in [0, 0.1) is 5.92 Å². The predicted octanol–water partition coefficient (Wildman–Crippen LogP) is 3.96. The number of rotatable bonds is 11. The van der Waals surface area contributed by atoms with Gasteiger partial charge in [-0.15, -0.1) is 13.2 Å². The first-order valence-electron chi connectivity index (χ1n) is 8.31. The average Bonchev–Trinajstić information content (AvgIpc) is 2.59. The highest BCUT2D eigenvalue weighted by atomic mass is 16.5. The summed E-state index contributed by atoms with van der Waals surface area (Å²) in [5.74, 6) is -0.570. The minimum Gasteiger partial charge on any atom is -0.463 e. The van der Waals surface area contributed by atoms with Gasteiger partial charge in [-0.05, 0) is 24.8 Å². The molecule has 1 aromatic rings. The minimum absolute atomic E-state index is 0.0547. The fraction of sp³-hybridized carbons (Fsp3) is 0.400. The van der Waals surface area contributed by atoms with Gasteiger partial charge < -0.3 is 10.1 Å². The topological polar surface area (TPSA) is 55.4 Å². The van der Waals surface area contributed by atoms with Gasteiger partial charge in [0.1, 0.15) is 6.61 Å². The van der Waals surface area contributed by atoms with E-state index < -0.39 is 0 Å². The van der Waals surface area contributed by atoms with E-state index in [9.17, 15) is 9.59 Å². The zero-order chi connectivity index (χ0) is 17.8. The third kappa shape index (κ3) is 7.27. The number of esters is 1. The van der Waals surface area contributed by atoms with Gasteiger partial charge in [0.2, 0.25) is 5.91 Å².